The number of rotatable bonds is 8. The van der Waals surface area contributed by atoms with Gasteiger partial charge >= 0.3 is 0 Å². The van der Waals surface area contributed by atoms with Crippen LogP contribution < -0.4 is 5.32 Å². The Balaban J connectivity index is 1.61. The minimum Gasteiger partial charge on any atom is -0.352 e. The van der Waals surface area contributed by atoms with E-state index in [9.17, 15) is 9.59 Å². The largest absolute Gasteiger partial charge is 0.352 e. The Hall–Kier alpha value is -2.21. The Morgan fingerprint density at radius 1 is 1.30 bits per heavy atom. The summed E-state index contributed by atoms with van der Waals surface area (Å²) < 4.78 is 0. The van der Waals surface area contributed by atoms with E-state index >= 15 is 0 Å². The van der Waals surface area contributed by atoms with Gasteiger partial charge < -0.3 is 10.2 Å². The molecular weight excluding hydrogens is 310 g/mol. The first-order chi connectivity index (χ1) is 11.2. The number of hydrogen-bond donors (Lipinski definition) is 1. The molecule has 6 heteroatoms. The maximum atomic E-state index is 12.0. The summed E-state index contributed by atoms with van der Waals surface area (Å²) in [6.45, 7) is 1.16. The lowest BCUT2D eigenvalue weighted by atomic mass is 10.2. The van der Waals surface area contributed by atoms with Gasteiger partial charge in [-0.3, -0.25) is 14.6 Å². The fourth-order valence-corrected chi connectivity index (χ4v) is 2.72. The summed E-state index contributed by atoms with van der Waals surface area (Å²) in [4.78, 5) is 29.7. The van der Waals surface area contributed by atoms with Crippen molar-refractivity contribution < 1.29 is 9.59 Å². The highest BCUT2D eigenvalue weighted by atomic mass is 32.1. The molecular formula is C17H21N3O2S. The van der Waals surface area contributed by atoms with Crippen LogP contribution in [0, 0.1) is 0 Å². The minimum absolute atomic E-state index is 0.0813. The van der Waals surface area contributed by atoms with Crippen LogP contribution in [-0.4, -0.2) is 41.8 Å². The van der Waals surface area contributed by atoms with Crippen molar-refractivity contribution >= 4 is 23.2 Å². The fraction of sp³-hybridized carbons (Fsp3) is 0.353. The van der Waals surface area contributed by atoms with Gasteiger partial charge in [-0.15, -0.1) is 0 Å². The van der Waals surface area contributed by atoms with Crippen molar-refractivity contribution in [1.82, 2.24) is 15.2 Å². The number of nitrogens with zero attached hydrogens (tertiary/aromatic N) is 2. The predicted molar refractivity (Wildman–Crippen MR) is 91.5 cm³/mol. The normalized spacial score (nSPS) is 10.3. The van der Waals surface area contributed by atoms with Gasteiger partial charge in [0, 0.05) is 55.8 Å². The topological polar surface area (TPSA) is 62.3 Å². The van der Waals surface area contributed by atoms with Crippen LogP contribution in [0.2, 0.25) is 0 Å². The molecule has 0 unspecified atom stereocenters. The lowest BCUT2D eigenvalue weighted by Gasteiger charge is -2.17. The summed E-state index contributed by atoms with van der Waals surface area (Å²) >= 11 is 1.49. The van der Waals surface area contributed by atoms with Crippen molar-refractivity contribution in [3.63, 3.8) is 0 Å². The van der Waals surface area contributed by atoms with E-state index in [0.717, 1.165) is 12.1 Å². The molecule has 0 radical (unpaired) electrons. The van der Waals surface area contributed by atoms with E-state index in [1.807, 2.05) is 29.0 Å². The van der Waals surface area contributed by atoms with Crippen molar-refractivity contribution in [3.8, 4) is 0 Å². The molecule has 0 atom stereocenters. The van der Waals surface area contributed by atoms with Crippen LogP contribution in [-0.2, 0) is 11.2 Å². The summed E-state index contributed by atoms with van der Waals surface area (Å²) in [5, 5.41) is 6.51. The fourth-order valence-electron chi connectivity index (χ4n) is 2.08. The van der Waals surface area contributed by atoms with E-state index in [2.05, 4.69) is 10.3 Å². The van der Waals surface area contributed by atoms with Crippen LogP contribution in [0.4, 0.5) is 0 Å². The molecule has 2 rings (SSSR count). The molecule has 0 fully saturated rings. The second-order valence-electron chi connectivity index (χ2n) is 5.26. The molecule has 0 aliphatic rings. The number of pyridine rings is 1. The van der Waals surface area contributed by atoms with E-state index in [-0.39, 0.29) is 11.8 Å². The molecule has 0 saturated heterocycles. The van der Waals surface area contributed by atoms with E-state index in [1.54, 1.807) is 24.2 Å². The summed E-state index contributed by atoms with van der Waals surface area (Å²) in [6.07, 6.45) is 3.58. The second kappa shape index (κ2) is 9.05. The average Bonchev–Trinajstić information content (AvgIpc) is 3.11. The molecule has 0 aromatic carbocycles. The first-order valence-corrected chi connectivity index (χ1v) is 8.55. The Labute approximate surface area is 140 Å². The zero-order valence-corrected chi connectivity index (χ0v) is 14.0. The third-order valence-electron chi connectivity index (χ3n) is 3.49. The molecule has 0 bridgehead atoms. The highest BCUT2D eigenvalue weighted by Gasteiger charge is 2.09. The number of hydrogen-bond acceptors (Lipinski definition) is 4. The molecule has 23 heavy (non-hydrogen) atoms. The van der Waals surface area contributed by atoms with Gasteiger partial charge in [0.2, 0.25) is 5.91 Å². The average molecular weight is 331 g/mol. The van der Waals surface area contributed by atoms with Gasteiger partial charge in [0.15, 0.2) is 0 Å². The molecule has 0 aliphatic carbocycles. The Bertz CT molecular complexity index is 614. The molecule has 122 valence electrons. The number of carbonyl (C=O) groups excluding carboxylic acids is 2. The van der Waals surface area contributed by atoms with E-state index in [0.29, 0.717) is 31.5 Å². The summed E-state index contributed by atoms with van der Waals surface area (Å²) in [6, 6.07) is 7.57. The van der Waals surface area contributed by atoms with Gasteiger partial charge in [-0.2, -0.15) is 11.3 Å². The molecule has 2 amide bonds. The third-order valence-corrected chi connectivity index (χ3v) is 4.17. The Morgan fingerprint density at radius 3 is 2.87 bits per heavy atom. The van der Waals surface area contributed by atoms with Crippen molar-refractivity contribution in [2.24, 2.45) is 0 Å². The number of nitrogens with one attached hydrogen (secondary N) is 1. The SMILES string of the molecule is CN(CCc1ccccn1)C(=O)CCCNC(=O)c1ccsc1. The zero-order chi connectivity index (χ0) is 16.5. The van der Waals surface area contributed by atoms with Crippen LogP contribution in [0.15, 0.2) is 41.2 Å². The molecule has 2 aromatic rings. The number of likely N-dealkylation sites (N-methyl/N-ethyl adjacent to an activating group) is 1. The van der Waals surface area contributed by atoms with Crippen LogP contribution in [0.3, 0.4) is 0 Å². The molecule has 0 saturated carbocycles. The minimum atomic E-state index is -0.0813. The molecule has 5 nitrogen and oxygen atoms in total. The molecule has 2 heterocycles. The van der Waals surface area contributed by atoms with Gasteiger partial charge in [-0.1, -0.05) is 6.07 Å². The van der Waals surface area contributed by atoms with Crippen LogP contribution in [0.5, 0.6) is 0 Å². The first kappa shape index (κ1) is 17.1. The number of amides is 2. The molecule has 2 aromatic heterocycles. The van der Waals surface area contributed by atoms with E-state index in [1.165, 1.54) is 11.3 Å². The zero-order valence-electron chi connectivity index (χ0n) is 13.2. The van der Waals surface area contributed by atoms with Crippen molar-refractivity contribution in [2.45, 2.75) is 19.3 Å². The third kappa shape index (κ3) is 5.83. The Kier molecular flexibility index (Phi) is 6.75. The Morgan fingerprint density at radius 2 is 2.17 bits per heavy atom. The highest BCUT2D eigenvalue weighted by molar-refractivity contribution is 7.08. The highest BCUT2D eigenvalue weighted by Crippen LogP contribution is 2.05. The van der Waals surface area contributed by atoms with Gasteiger partial charge in [-0.05, 0) is 30.0 Å². The maximum absolute atomic E-state index is 12.0. The lowest BCUT2D eigenvalue weighted by Crippen LogP contribution is -2.30. The van der Waals surface area contributed by atoms with Crippen LogP contribution in [0.1, 0.15) is 28.9 Å². The number of aromatic nitrogens is 1. The number of thiophene rings is 1. The standard InChI is InChI=1S/C17H21N3O2S/c1-20(11-7-15-5-2-3-9-18-15)16(21)6-4-10-19-17(22)14-8-12-23-13-14/h2-3,5,8-9,12-13H,4,6-7,10-11H2,1H3,(H,19,22). The smallest absolute Gasteiger partial charge is 0.252 e. The first-order valence-electron chi connectivity index (χ1n) is 7.61. The lowest BCUT2D eigenvalue weighted by molar-refractivity contribution is -0.129. The van der Waals surface area contributed by atoms with E-state index in [4.69, 9.17) is 0 Å². The second-order valence-corrected chi connectivity index (χ2v) is 6.04. The monoisotopic (exact) mass is 331 g/mol. The number of carbonyl (C=O) groups is 2. The molecule has 0 aliphatic heterocycles. The van der Waals surface area contributed by atoms with Gasteiger partial charge in [0.05, 0.1) is 0 Å². The van der Waals surface area contributed by atoms with Crippen molar-refractivity contribution in [1.29, 1.82) is 0 Å². The van der Waals surface area contributed by atoms with Gasteiger partial charge in [-0.25, -0.2) is 0 Å². The summed E-state index contributed by atoms with van der Waals surface area (Å²) in [5.41, 5.74) is 1.66. The quantitative estimate of drug-likeness (QED) is 0.755. The summed E-state index contributed by atoms with van der Waals surface area (Å²) in [7, 11) is 1.80. The molecule has 0 spiro atoms. The predicted octanol–water partition coefficient (Wildman–Crippen LogP) is 2.35. The van der Waals surface area contributed by atoms with Crippen LogP contribution in [0.25, 0.3) is 0 Å². The van der Waals surface area contributed by atoms with Crippen LogP contribution >= 0.6 is 11.3 Å². The molecule has 1 N–H and O–H groups in total. The van der Waals surface area contributed by atoms with Gasteiger partial charge in [0.25, 0.3) is 5.91 Å². The maximum Gasteiger partial charge on any atom is 0.252 e. The van der Waals surface area contributed by atoms with E-state index < -0.39 is 0 Å². The van der Waals surface area contributed by atoms with Gasteiger partial charge in [0.1, 0.15) is 0 Å². The van der Waals surface area contributed by atoms with Crippen molar-refractivity contribution in [3.05, 3.63) is 52.5 Å². The summed E-state index contributed by atoms with van der Waals surface area (Å²) in [5.74, 6) is 0.00733. The van der Waals surface area contributed by atoms with Crippen molar-refractivity contribution in [2.75, 3.05) is 20.1 Å².